The highest BCUT2D eigenvalue weighted by molar-refractivity contribution is 5.94. The van der Waals surface area contributed by atoms with Crippen molar-refractivity contribution in [3.8, 4) is 0 Å². The Labute approximate surface area is 109 Å². The number of fused-ring (bicyclic) bond motifs is 1. The number of nitrogens with two attached hydrogens (primary N) is 1. The first kappa shape index (κ1) is 11.5. The molecule has 0 fully saturated rings. The van der Waals surface area contributed by atoms with Crippen molar-refractivity contribution in [2.75, 3.05) is 11.1 Å². The third-order valence-electron chi connectivity index (χ3n) is 2.93. The van der Waals surface area contributed by atoms with E-state index in [-0.39, 0.29) is 5.82 Å². The molecular weight excluding hydrogens is 241 g/mol. The van der Waals surface area contributed by atoms with Crippen LogP contribution in [0.1, 0.15) is 0 Å². The lowest BCUT2D eigenvalue weighted by Gasteiger charge is -2.11. The standard InChI is InChI=1S/C15H12FN3/c16-10-6-7-15(12(17)9-10)19-14-5-1-4-13-11(14)3-2-8-18-13/h1-9,19H,17H2. The summed E-state index contributed by atoms with van der Waals surface area (Å²) < 4.78 is 13.0. The molecule has 0 saturated heterocycles. The highest BCUT2D eigenvalue weighted by atomic mass is 19.1. The van der Waals surface area contributed by atoms with E-state index in [0.29, 0.717) is 11.4 Å². The molecule has 19 heavy (non-hydrogen) atoms. The normalized spacial score (nSPS) is 10.6. The molecule has 94 valence electrons. The number of nitrogens with one attached hydrogen (secondary N) is 1. The lowest BCUT2D eigenvalue weighted by molar-refractivity contribution is 0.628. The highest BCUT2D eigenvalue weighted by Crippen LogP contribution is 2.28. The van der Waals surface area contributed by atoms with Gasteiger partial charge in [-0.3, -0.25) is 4.98 Å². The lowest BCUT2D eigenvalue weighted by atomic mass is 10.1. The van der Waals surface area contributed by atoms with Gasteiger partial charge in [-0.25, -0.2) is 4.39 Å². The Hall–Kier alpha value is -2.62. The number of aromatic nitrogens is 1. The van der Waals surface area contributed by atoms with E-state index in [2.05, 4.69) is 10.3 Å². The van der Waals surface area contributed by atoms with Crippen molar-refractivity contribution in [3.05, 3.63) is 60.5 Å². The molecule has 0 radical (unpaired) electrons. The highest BCUT2D eigenvalue weighted by Gasteiger charge is 2.04. The average Bonchev–Trinajstić information content (AvgIpc) is 2.42. The molecule has 1 heterocycles. The van der Waals surface area contributed by atoms with Crippen LogP contribution in [0.4, 0.5) is 21.5 Å². The summed E-state index contributed by atoms with van der Waals surface area (Å²) in [4.78, 5) is 4.29. The number of hydrogen-bond acceptors (Lipinski definition) is 3. The Morgan fingerprint density at radius 3 is 2.74 bits per heavy atom. The topological polar surface area (TPSA) is 50.9 Å². The van der Waals surface area contributed by atoms with Crippen molar-refractivity contribution < 1.29 is 4.39 Å². The van der Waals surface area contributed by atoms with Crippen LogP contribution < -0.4 is 11.1 Å². The number of nitrogen functional groups attached to an aromatic ring is 1. The van der Waals surface area contributed by atoms with Crippen molar-refractivity contribution in [2.24, 2.45) is 0 Å². The van der Waals surface area contributed by atoms with Crippen LogP contribution in [0.5, 0.6) is 0 Å². The predicted octanol–water partition coefficient (Wildman–Crippen LogP) is 3.70. The van der Waals surface area contributed by atoms with Crippen LogP contribution in [0.2, 0.25) is 0 Å². The third-order valence-corrected chi connectivity index (χ3v) is 2.93. The zero-order valence-corrected chi connectivity index (χ0v) is 10.1. The summed E-state index contributed by atoms with van der Waals surface area (Å²) in [5, 5.41) is 4.20. The number of nitrogens with zero attached hydrogens (tertiary/aromatic N) is 1. The van der Waals surface area contributed by atoms with Gasteiger partial charge >= 0.3 is 0 Å². The third kappa shape index (κ3) is 2.20. The van der Waals surface area contributed by atoms with Gasteiger partial charge in [-0.15, -0.1) is 0 Å². The molecular formula is C15H12FN3. The Bertz CT molecular complexity index is 735. The van der Waals surface area contributed by atoms with Crippen molar-refractivity contribution in [1.82, 2.24) is 4.98 Å². The van der Waals surface area contributed by atoms with E-state index in [0.717, 1.165) is 16.6 Å². The molecule has 0 saturated carbocycles. The molecule has 0 aliphatic rings. The first-order chi connectivity index (χ1) is 9.24. The van der Waals surface area contributed by atoms with E-state index >= 15 is 0 Å². The summed E-state index contributed by atoms with van der Waals surface area (Å²) in [6.07, 6.45) is 1.75. The molecule has 0 aliphatic carbocycles. The van der Waals surface area contributed by atoms with E-state index in [9.17, 15) is 4.39 Å². The number of benzene rings is 2. The molecule has 0 unspecified atom stereocenters. The fraction of sp³-hybridized carbons (Fsp3) is 0. The van der Waals surface area contributed by atoms with E-state index in [4.69, 9.17) is 5.73 Å². The molecule has 0 bridgehead atoms. The summed E-state index contributed by atoms with van der Waals surface area (Å²) in [7, 11) is 0. The van der Waals surface area contributed by atoms with Crippen LogP contribution in [-0.2, 0) is 0 Å². The van der Waals surface area contributed by atoms with E-state index < -0.39 is 0 Å². The van der Waals surface area contributed by atoms with Crippen LogP contribution in [0, 0.1) is 5.82 Å². The Kier molecular flexibility index (Phi) is 2.76. The minimum atomic E-state index is -0.345. The average molecular weight is 253 g/mol. The van der Waals surface area contributed by atoms with Crippen LogP contribution >= 0.6 is 0 Å². The Balaban J connectivity index is 2.06. The minimum absolute atomic E-state index is 0.345. The first-order valence-electron chi connectivity index (χ1n) is 5.90. The van der Waals surface area contributed by atoms with Crippen molar-refractivity contribution in [1.29, 1.82) is 0 Å². The molecule has 0 atom stereocenters. The fourth-order valence-electron chi connectivity index (χ4n) is 2.00. The van der Waals surface area contributed by atoms with E-state index in [1.807, 2.05) is 30.3 Å². The molecule has 3 aromatic rings. The summed E-state index contributed by atoms with van der Waals surface area (Å²) >= 11 is 0. The number of pyridine rings is 1. The maximum absolute atomic E-state index is 13.0. The minimum Gasteiger partial charge on any atom is -0.397 e. The summed E-state index contributed by atoms with van der Waals surface area (Å²) in [6, 6.07) is 13.9. The van der Waals surface area contributed by atoms with Crippen LogP contribution in [0.25, 0.3) is 10.9 Å². The Morgan fingerprint density at radius 2 is 1.89 bits per heavy atom. The SMILES string of the molecule is Nc1cc(F)ccc1Nc1cccc2ncccc12. The zero-order valence-electron chi connectivity index (χ0n) is 10.1. The molecule has 3 nitrogen and oxygen atoms in total. The monoisotopic (exact) mass is 253 g/mol. The molecule has 2 aromatic carbocycles. The van der Waals surface area contributed by atoms with E-state index in [1.54, 1.807) is 12.3 Å². The molecule has 0 spiro atoms. The van der Waals surface area contributed by atoms with Crippen LogP contribution in [-0.4, -0.2) is 4.98 Å². The van der Waals surface area contributed by atoms with Gasteiger partial charge in [0, 0.05) is 17.3 Å². The number of hydrogen-bond donors (Lipinski definition) is 2. The first-order valence-corrected chi connectivity index (χ1v) is 5.90. The van der Waals surface area contributed by atoms with Gasteiger partial charge in [0.2, 0.25) is 0 Å². The molecule has 3 N–H and O–H groups in total. The van der Waals surface area contributed by atoms with Gasteiger partial charge in [0.25, 0.3) is 0 Å². The van der Waals surface area contributed by atoms with Gasteiger partial charge in [-0.1, -0.05) is 6.07 Å². The fourth-order valence-corrected chi connectivity index (χ4v) is 2.00. The second kappa shape index (κ2) is 4.57. The summed E-state index contributed by atoms with van der Waals surface area (Å²) in [5.74, 6) is -0.345. The largest absolute Gasteiger partial charge is 0.397 e. The maximum Gasteiger partial charge on any atom is 0.125 e. The summed E-state index contributed by atoms with van der Waals surface area (Å²) in [5.41, 5.74) is 8.64. The number of halogens is 1. The van der Waals surface area contributed by atoms with Gasteiger partial charge in [-0.2, -0.15) is 0 Å². The maximum atomic E-state index is 13.0. The second-order valence-corrected chi connectivity index (χ2v) is 4.23. The summed E-state index contributed by atoms with van der Waals surface area (Å²) in [6.45, 7) is 0. The molecule has 1 aromatic heterocycles. The van der Waals surface area contributed by atoms with Crippen molar-refractivity contribution in [3.63, 3.8) is 0 Å². The molecule has 3 rings (SSSR count). The van der Waals surface area contributed by atoms with Crippen LogP contribution in [0.15, 0.2) is 54.7 Å². The Morgan fingerprint density at radius 1 is 1.00 bits per heavy atom. The predicted molar refractivity (Wildman–Crippen MR) is 75.8 cm³/mol. The van der Waals surface area contributed by atoms with Gasteiger partial charge < -0.3 is 11.1 Å². The van der Waals surface area contributed by atoms with E-state index in [1.165, 1.54) is 12.1 Å². The lowest BCUT2D eigenvalue weighted by Crippen LogP contribution is -1.97. The smallest absolute Gasteiger partial charge is 0.125 e. The van der Waals surface area contributed by atoms with Gasteiger partial charge in [0.15, 0.2) is 0 Å². The number of anilines is 3. The van der Waals surface area contributed by atoms with Gasteiger partial charge in [0.1, 0.15) is 5.82 Å². The number of rotatable bonds is 2. The molecule has 0 aliphatic heterocycles. The van der Waals surface area contributed by atoms with Crippen molar-refractivity contribution >= 4 is 28.0 Å². The van der Waals surface area contributed by atoms with Gasteiger partial charge in [-0.05, 0) is 42.5 Å². The van der Waals surface area contributed by atoms with Gasteiger partial charge in [0.05, 0.1) is 16.9 Å². The zero-order chi connectivity index (χ0) is 13.2. The van der Waals surface area contributed by atoms with Crippen LogP contribution in [0.3, 0.4) is 0 Å². The quantitative estimate of drug-likeness (QED) is 0.685. The van der Waals surface area contributed by atoms with Crippen molar-refractivity contribution in [2.45, 2.75) is 0 Å². The molecule has 4 heteroatoms. The second-order valence-electron chi connectivity index (χ2n) is 4.23. The molecule has 0 amide bonds.